The van der Waals surface area contributed by atoms with Crippen molar-refractivity contribution < 1.29 is 19.0 Å². The molecule has 3 nitrogen and oxygen atoms in total. The van der Waals surface area contributed by atoms with E-state index in [1.54, 1.807) is 18.2 Å². The summed E-state index contributed by atoms with van der Waals surface area (Å²) in [4.78, 5) is 11.6. The first-order valence-electron chi connectivity index (χ1n) is 5.78. The van der Waals surface area contributed by atoms with Gasteiger partial charge in [0.2, 0.25) is 0 Å². The van der Waals surface area contributed by atoms with E-state index < -0.39 is 17.2 Å². The standard InChI is InChI=1S/C13H13FO3/c14-10-4-2-1-3-9(10)13(12(15)16)7-8-5-6-11(13)17-8/h1-4,8,11H,5-7H2,(H,15,16). The summed E-state index contributed by atoms with van der Waals surface area (Å²) in [5.74, 6) is -1.43. The van der Waals surface area contributed by atoms with Gasteiger partial charge in [0, 0.05) is 5.56 Å². The number of carboxylic acids is 1. The third-order valence-corrected chi connectivity index (χ3v) is 3.94. The van der Waals surface area contributed by atoms with E-state index in [1.165, 1.54) is 6.07 Å². The number of halogens is 1. The van der Waals surface area contributed by atoms with Crippen LogP contribution in [0.2, 0.25) is 0 Å². The minimum atomic E-state index is -1.19. The Labute approximate surface area is 98.2 Å². The van der Waals surface area contributed by atoms with E-state index in [-0.39, 0.29) is 17.8 Å². The maximum absolute atomic E-state index is 13.9. The number of carboxylic acid groups (broad SMARTS) is 1. The molecule has 3 atom stereocenters. The fourth-order valence-corrected chi connectivity index (χ4v) is 3.16. The summed E-state index contributed by atoms with van der Waals surface area (Å²) in [6, 6.07) is 6.12. The molecule has 3 rings (SSSR count). The van der Waals surface area contributed by atoms with Gasteiger partial charge >= 0.3 is 5.97 Å². The van der Waals surface area contributed by atoms with E-state index in [0.717, 1.165) is 6.42 Å². The number of carbonyl (C=O) groups is 1. The summed E-state index contributed by atoms with van der Waals surface area (Å²) in [6.07, 6.45) is 1.55. The smallest absolute Gasteiger partial charge is 0.317 e. The van der Waals surface area contributed by atoms with Crippen molar-refractivity contribution in [3.63, 3.8) is 0 Å². The van der Waals surface area contributed by atoms with E-state index in [9.17, 15) is 14.3 Å². The third-order valence-electron chi connectivity index (χ3n) is 3.94. The third kappa shape index (κ3) is 1.33. The molecule has 2 fully saturated rings. The highest BCUT2D eigenvalue weighted by molar-refractivity contribution is 5.83. The molecule has 2 heterocycles. The summed E-state index contributed by atoms with van der Waals surface area (Å²) in [7, 11) is 0. The fraction of sp³-hybridized carbons (Fsp3) is 0.462. The van der Waals surface area contributed by atoms with Gasteiger partial charge in [0.05, 0.1) is 12.2 Å². The summed E-state index contributed by atoms with van der Waals surface area (Å²) >= 11 is 0. The molecule has 2 aliphatic rings. The summed E-state index contributed by atoms with van der Waals surface area (Å²) in [5, 5.41) is 9.52. The van der Waals surface area contributed by atoms with E-state index in [4.69, 9.17) is 4.74 Å². The molecule has 1 aromatic carbocycles. The lowest BCUT2D eigenvalue weighted by atomic mass is 9.69. The summed E-state index contributed by atoms with van der Waals surface area (Å²) in [6.45, 7) is 0. The normalized spacial score (nSPS) is 35.1. The van der Waals surface area contributed by atoms with Crippen LogP contribution in [0.1, 0.15) is 24.8 Å². The molecule has 1 aromatic rings. The molecule has 4 heteroatoms. The molecule has 0 spiro atoms. The average Bonchev–Trinajstić information content (AvgIpc) is 2.89. The molecule has 0 amide bonds. The molecule has 2 bridgehead atoms. The number of fused-ring (bicyclic) bond motifs is 2. The first-order valence-corrected chi connectivity index (χ1v) is 5.78. The van der Waals surface area contributed by atoms with E-state index in [1.807, 2.05) is 0 Å². The fourth-order valence-electron chi connectivity index (χ4n) is 3.16. The Hall–Kier alpha value is -1.42. The zero-order chi connectivity index (χ0) is 12.0. The maximum atomic E-state index is 13.9. The molecule has 0 saturated carbocycles. The zero-order valence-corrected chi connectivity index (χ0v) is 9.23. The van der Waals surface area contributed by atoms with Crippen LogP contribution in [-0.2, 0) is 14.9 Å². The molecule has 17 heavy (non-hydrogen) atoms. The van der Waals surface area contributed by atoms with Gasteiger partial charge in [0.25, 0.3) is 0 Å². The lowest BCUT2D eigenvalue weighted by Gasteiger charge is -2.31. The molecule has 0 aromatic heterocycles. The molecular formula is C13H13FO3. The Morgan fingerprint density at radius 2 is 2.18 bits per heavy atom. The van der Waals surface area contributed by atoms with Crippen LogP contribution in [0, 0.1) is 5.82 Å². The van der Waals surface area contributed by atoms with Crippen LogP contribution < -0.4 is 0 Å². The van der Waals surface area contributed by atoms with Crippen molar-refractivity contribution in [2.45, 2.75) is 36.9 Å². The van der Waals surface area contributed by atoms with E-state index in [2.05, 4.69) is 0 Å². The second-order valence-electron chi connectivity index (χ2n) is 4.78. The van der Waals surface area contributed by atoms with Crippen LogP contribution in [0.15, 0.2) is 24.3 Å². The average molecular weight is 236 g/mol. The number of hydrogen-bond acceptors (Lipinski definition) is 2. The van der Waals surface area contributed by atoms with Crippen LogP contribution in [0.5, 0.6) is 0 Å². The SMILES string of the molecule is O=C(O)C1(c2ccccc2F)CC2CCC1O2. The summed E-state index contributed by atoms with van der Waals surface area (Å²) in [5.41, 5.74) is -0.923. The van der Waals surface area contributed by atoms with Crippen molar-refractivity contribution >= 4 is 5.97 Å². The van der Waals surface area contributed by atoms with Crippen molar-refractivity contribution in [3.05, 3.63) is 35.6 Å². The molecule has 0 aliphatic carbocycles. The topological polar surface area (TPSA) is 46.5 Å². The van der Waals surface area contributed by atoms with Gasteiger partial charge in [-0.2, -0.15) is 0 Å². The lowest BCUT2D eigenvalue weighted by molar-refractivity contribution is -0.146. The van der Waals surface area contributed by atoms with Crippen molar-refractivity contribution in [1.29, 1.82) is 0 Å². The van der Waals surface area contributed by atoms with Crippen LogP contribution in [0.3, 0.4) is 0 Å². The molecule has 0 radical (unpaired) electrons. The lowest BCUT2D eigenvalue weighted by Crippen LogP contribution is -2.45. The number of rotatable bonds is 2. The first kappa shape index (κ1) is 10.7. The van der Waals surface area contributed by atoms with Gasteiger partial charge in [-0.3, -0.25) is 4.79 Å². The predicted octanol–water partition coefficient (Wildman–Crippen LogP) is 2.10. The van der Waals surface area contributed by atoms with Gasteiger partial charge in [-0.15, -0.1) is 0 Å². The maximum Gasteiger partial charge on any atom is 0.317 e. The second kappa shape index (κ2) is 3.53. The Bertz CT molecular complexity index is 473. The van der Waals surface area contributed by atoms with Gasteiger partial charge in [-0.25, -0.2) is 4.39 Å². The highest BCUT2D eigenvalue weighted by Crippen LogP contribution is 2.50. The molecule has 2 saturated heterocycles. The monoisotopic (exact) mass is 236 g/mol. The van der Waals surface area contributed by atoms with E-state index in [0.29, 0.717) is 12.8 Å². The number of hydrogen-bond donors (Lipinski definition) is 1. The Balaban J connectivity index is 2.14. The minimum Gasteiger partial charge on any atom is -0.480 e. The minimum absolute atomic E-state index is 0.0318. The Morgan fingerprint density at radius 3 is 2.71 bits per heavy atom. The second-order valence-corrected chi connectivity index (χ2v) is 4.78. The van der Waals surface area contributed by atoms with E-state index >= 15 is 0 Å². The van der Waals surface area contributed by atoms with Gasteiger partial charge in [0.15, 0.2) is 0 Å². The predicted molar refractivity (Wildman–Crippen MR) is 58.2 cm³/mol. The Kier molecular flexibility index (Phi) is 2.23. The Morgan fingerprint density at radius 1 is 1.41 bits per heavy atom. The molecular weight excluding hydrogens is 223 g/mol. The quantitative estimate of drug-likeness (QED) is 0.855. The number of ether oxygens (including phenoxy) is 1. The van der Waals surface area contributed by atoms with Crippen LogP contribution >= 0.6 is 0 Å². The van der Waals surface area contributed by atoms with Crippen LogP contribution in [0.25, 0.3) is 0 Å². The number of benzene rings is 1. The largest absolute Gasteiger partial charge is 0.480 e. The van der Waals surface area contributed by atoms with Crippen molar-refractivity contribution in [3.8, 4) is 0 Å². The highest BCUT2D eigenvalue weighted by Gasteiger charge is 2.59. The van der Waals surface area contributed by atoms with Crippen LogP contribution in [0.4, 0.5) is 4.39 Å². The van der Waals surface area contributed by atoms with Crippen molar-refractivity contribution in [2.75, 3.05) is 0 Å². The molecule has 1 N–H and O–H groups in total. The molecule has 3 unspecified atom stereocenters. The summed E-state index contributed by atoms with van der Waals surface area (Å²) < 4.78 is 19.5. The van der Waals surface area contributed by atoms with Crippen molar-refractivity contribution in [2.24, 2.45) is 0 Å². The number of aliphatic carboxylic acids is 1. The molecule has 90 valence electrons. The van der Waals surface area contributed by atoms with Gasteiger partial charge in [-0.05, 0) is 25.3 Å². The van der Waals surface area contributed by atoms with Gasteiger partial charge in [-0.1, -0.05) is 18.2 Å². The van der Waals surface area contributed by atoms with Crippen LogP contribution in [-0.4, -0.2) is 23.3 Å². The first-order chi connectivity index (χ1) is 8.14. The zero-order valence-electron chi connectivity index (χ0n) is 9.23. The highest BCUT2D eigenvalue weighted by atomic mass is 19.1. The molecule has 2 aliphatic heterocycles. The van der Waals surface area contributed by atoms with Gasteiger partial charge < -0.3 is 9.84 Å². The van der Waals surface area contributed by atoms with Crippen molar-refractivity contribution in [1.82, 2.24) is 0 Å². The van der Waals surface area contributed by atoms with Gasteiger partial charge in [0.1, 0.15) is 11.2 Å².